The van der Waals surface area contributed by atoms with Gasteiger partial charge in [-0.1, -0.05) is 22.8 Å². The molecule has 0 aliphatic heterocycles. The Balaban J connectivity index is 1.73. The van der Waals surface area contributed by atoms with Crippen molar-refractivity contribution in [1.82, 2.24) is 10.1 Å². The molecular weight excluding hydrogens is 264 g/mol. The highest BCUT2D eigenvalue weighted by atomic mass is 35.5. The van der Waals surface area contributed by atoms with E-state index in [9.17, 15) is 0 Å². The summed E-state index contributed by atoms with van der Waals surface area (Å²) in [5.41, 5.74) is 0.901. The first-order valence-electron chi connectivity index (χ1n) is 6.12. The Morgan fingerprint density at radius 1 is 1.37 bits per heavy atom. The normalized spacial score (nSPS) is 10.9. The van der Waals surface area contributed by atoms with Crippen molar-refractivity contribution in [2.75, 3.05) is 20.2 Å². The summed E-state index contributed by atoms with van der Waals surface area (Å²) in [5, 5.41) is 4.54. The van der Waals surface area contributed by atoms with Gasteiger partial charge in [0.25, 0.3) is 0 Å². The number of hydrogen-bond donors (Lipinski definition) is 0. The van der Waals surface area contributed by atoms with E-state index in [1.807, 2.05) is 38.2 Å². The molecule has 0 spiro atoms. The third-order valence-corrected chi connectivity index (χ3v) is 2.88. The molecule has 1 aromatic heterocycles. The molecule has 0 saturated carbocycles. The van der Waals surface area contributed by atoms with E-state index in [1.54, 1.807) is 6.07 Å². The molecule has 0 atom stereocenters. The standard InChI is InChI=1S/C14H17ClN2O2/c1-11-8-14(19-16-11)10-17(2)6-7-18-13-5-3-4-12(15)9-13/h3-5,8-9H,6-7,10H2,1-2H3. The molecule has 0 aliphatic carbocycles. The average Bonchev–Trinajstić information content (AvgIpc) is 2.75. The Bertz CT molecular complexity index is 528. The second-order valence-electron chi connectivity index (χ2n) is 4.48. The van der Waals surface area contributed by atoms with Crippen molar-refractivity contribution in [3.8, 4) is 5.75 Å². The van der Waals surface area contributed by atoms with Crippen molar-refractivity contribution in [3.63, 3.8) is 0 Å². The number of rotatable bonds is 6. The first-order chi connectivity index (χ1) is 9.13. The smallest absolute Gasteiger partial charge is 0.150 e. The molecule has 0 unspecified atom stereocenters. The third kappa shape index (κ3) is 4.58. The number of halogens is 1. The maximum Gasteiger partial charge on any atom is 0.150 e. The minimum absolute atomic E-state index is 0.601. The molecule has 2 rings (SSSR count). The van der Waals surface area contributed by atoms with Gasteiger partial charge in [-0.3, -0.25) is 4.90 Å². The molecule has 0 N–H and O–H groups in total. The Hall–Kier alpha value is -1.52. The molecule has 0 bridgehead atoms. The number of benzene rings is 1. The van der Waals surface area contributed by atoms with Crippen LogP contribution in [-0.2, 0) is 6.54 Å². The zero-order valence-electron chi connectivity index (χ0n) is 11.1. The number of nitrogens with zero attached hydrogens (tertiary/aromatic N) is 2. The van der Waals surface area contributed by atoms with Crippen LogP contribution in [0.5, 0.6) is 5.75 Å². The summed E-state index contributed by atoms with van der Waals surface area (Å²) < 4.78 is 10.8. The van der Waals surface area contributed by atoms with E-state index in [-0.39, 0.29) is 0 Å². The molecule has 19 heavy (non-hydrogen) atoms. The van der Waals surface area contributed by atoms with Crippen LogP contribution in [0.15, 0.2) is 34.9 Å². The fourth-order valence-corrected chi connectivity index (χ4v) is 1.89. The number of likely N-dealkylation sites (N-methyl/N-ethyl adjacent to an activating group) is 1. The molecular formula is C14H17ClN2O2. The van der Waals surface area contributed by atoms with E-state index in [0.29, 0.717) is 11.6 Å². The molecule has 0 fully saturated rings. The Kier molecular flexibility index (Phi) is 4.82. The SMILES string of the molecule is Cc1cc(CN(C)CCOc2cccc(Cl)c2)on1. The second kappa shape index (κ2) is 6.59. The average molecular weight is 281 g/mol. The van der Waals surface area contributed by atoms with Gasteiger partial charge in [-0.05, 0) is 32.2 Å². The summed E-state index contributed by atoms with van der Waals surface area (Å²) in [6.45, 7) is 4.03. The van der Waals surface area contributed by atoms with Gasteiger partial charge < -0.3 is 9.26 Å². The number of aromatic nitrogens is 1. The van der Waals surface area contributed by atoms with Crippen molar-refractivity contribution in [2.45, 2.75) is 13.5 Å². The van der Waals surface area contributed by atoms with Crippen molar-refractivity contribution < 1.29 is 9.26 Å². The minimum atomic E-state index is 0.601. The lowest BCUT2D eigenvalue weighted by molar-refractivity contribution is 0.215. The lowest BCUT2D eigenvalue weighted by Gasteiger charge is -2.15. The minimum Gasteiger partial charge on any atom is -0.492 e. The van der Waals surface area contributed by atoms with E-state index in [0.717, 1.165) is 30.3 Å². The van der Waals surface area contributed by atoms with E-state index in [2.05, 4.69) is 10.1 Å². The number of aryl methyl sites for hydroxylation is 1. The molecule has 0 saturated heterocycles. The number of ether oxygens (including phenoxy) is 1. The van der Waals surface area contributed by atoms with Gasteiger partial charge in [0.05, 0.1) is 12.2 Å². The van der Waals surface area contributed by atoms with Gasteiger partial charge in [0.15, 0.2) is 5.76 Å². The predicted octanol–water partition coefficient (Wildman–Crippen LogP) is 3.15. The lowest BCUT2D eigenvalue weighted by Crippen LogP contribution is -2.23. The monoisotopic (exact) mass is 280 g/mol. The highest BCUT2D eigenvalue weighted by Gasteiger charge is 2.05. The van der Waals surface area contributed by atoms with Crippen LogP contribution in [0.3, 0.4) is 0 Å². The van der Waals surface area contributed by atoms with Crippen LogP contribution >= 0.6 is 11.6 Å². The lowest BCUT2D eigenvalue weighted by atomic mass is 10.3. The van der Waals surface area contributed by atoms with Crippen LogP contribution in [-0.4, -0.2) is 30.3 Å². The van der Waals surface area contributed by atoms with Crippen molar-refractivity contribution in [3.05, 3.63) is 46.8 Å². The Morgan fingerprint density at radius 3 is 2.89 bits per heavy atom. The summed E-state index contributed by atoms with van der Waals surface area (Å²) in [6.07, 6.45) is 0. The summed E-state index contributed by atoms with van der Waals surface area (Å²) in [7, 11) is 2.01. The van der Waals surface area contributed by atoms with E-state index in [4.69, 9.17) is 20.9 Å². The largest absolute Gasteiger partial charge is 0.492 e. The van der Waals surface area contributed by atoms with Gasteiger partial charge in [-0.25, -0.2) is 0 Å². The molecule has 102 valence electrons. The Morgan fingerprint density at radius 2 is 2.21 bits per heavy atom. The fourth-order valence-electron chi connectivity index (χ4n) is 1.71. The molecule has 1 heterocycles. The van der Waals surface area contributed by atoms with Gasteiger partial charge >= 0.3 is 0 Å². The highest BCUT2D eigenvalue weighted by Crippen LogP contribution is 2.17. The molecule has 1 aromatic carbocycles. The summed E-state index contributed by atoms with van der Waals surface area (Å²) in [5.74, 6) is 1.65. The zero-order chi connectivity index (χ0) is 13.7. The summed E-state index contributed by atoms with van der Waals surface area (Å²) in [6, 6.07) is 9.34. The van der Waals surface area contributed by atoms with Crippen LogP contribution in [0.1, 0.15) is 11.5 Å². The van der Waals surface area contributed by atoms with Crippen LogP contribution in [0.4, 0.5) is 0 Å². The maximum atomic E-state index is 5.89. The first-order valence-corrected chi connectivity index (χ1v) is 6.50. The topological polar surface area (TPSA) is 38.5 Å². The van der Waals surface area contributed by atoms with Gasteiger partial charge in [0.1, 0.15) is 12.4 Å². The molecule has 0 radical (unpaired) electrons. The van der Waals surface area contributed by atoms with Crippen LogP contribution in [0, 0.1) is 6.92 Å². The molecule has 2 aromatic rings. The van der Waals surface area contributed by atoms with Gasteiger partial charge in [0, 0.05) is 17.6 Å². The van der Waals surface area contributed by atoms with Crippen LogP contribution in [0.25, 0.3) is 0 Å². The Labute approximate surface area is 117 Å². The van der Waals surface area contributed by atoms with Gasteiger partial charge in [-0.2, -0.15) is 0 Å². The van der Waals surface area contributed by atoms with E-state index in [1.165, 1.54) is 0 Å². The zero-order valence-corrected chi connectivity index (χ0v) is 11.9. The maximum absolute atomic E-state index is 5.89. The molecule has 5 heteroatoms. The third-order valence-electron chi connectivity index (χ3n) is 2.64. The highest BCUT2D eigenvalue weighted by molar-refractivity contribution is 6.30. The quantitative estimate of drug-likeness (QED) is 0.815. The number of hydrogen-bond acceptors (Lipinski definition) is 4. The van der Waals surface area contributed by atoms with Crippen molar-refractivity contribution in [1.29, 1.82) is 0 Å². The predicted molar refractivity (Wildman–Crippen MR) is 74.5 cm³/mol. The molecule has 0 amide bonds. The van der Waals surface area contributed by atoms with Crippen LogP contribution in [0.2, 0.25) is 5.02 Å². The first kappa shape index (κ1) is 13.9. The van der Waals surface area contributed by atoms with Gasteiger partial charge in [0.2, 0.25) is 0 Å². The van der Waals surface area contributed by atoms with Crippen LogP contribution < -0.4 is 4.74 Å². The second-order valence-corrected chi connectivity index (χ2v) is 4.91. The van der Waals surface area contributed by atoms with Crippen molar-refractivity contribution >= 4 is 11.6 Å². The summed E-state index contributed by atoms with van der Waals surface area (Å²) in [4.78, 5) is 2.12. The van der Waals surface area contributed by atoms with Crippen molar-refractivity contribution in [2.24, 2.45) is 0 Å². The molecule has 0 aliphatic rings. The fraction of sp³-hybridized carbons (Fsp3) is 0.357. The molecule has 4 nitrogen and oxygen atoms in total. The van der Waals surface area contributed by atoms with E-state index < -0.39 is 0 Å². The summed E-state index contributed by atoms with van der Waals surface area (Å²) >= 11 is 5.89. The van der Waals surface area contributed by atoms with E-state index >= 15 is 0 Å². The van der Waals surface area contributed by atoms with Gasteiger partial charge in [-0.15, -0.1) is 0 Å².